The van der Waals surface area contributed by atoms with E-state index >= 15 is 0 Å². The van der Waals surface area contributed by atoms with E-state index in [4.69, 9.17) is 9.47 Å². The molecular formula is C19H29BrIN3O3. The SMILES string of the molecule is CCOC(=O)C1CCC(NC(=NC)NCc2cc(Br)ccc2OC)CC1.I. The van der Waals surface area contributed by atoms with E-state index in [9.17, 15) is 4.79 Å². The Kier molecular flexibility index (Phi) is 11.1. The molecule has 27 heavy (non-hydrogen) atoms. The maximum Gasteiger partial charge on any atom is 0.308 e. The number of halogens is 2. The van der Waals surface area contributed by atoms with Gasteiger partial charge in [0.1, 0.15) is 5.75 Å². The fraction of sp³-hybridized carbons (Fsp3) is 0.579. The normalized spacial score (nSPS) is 19.6. The second-order valence-corrected chi connectivity index (χ2v) is 7.24. The van der Waals surface area contributed by atoms with Gasteiger partial charge in [-0.15, -0.1) is 24.0 Å². The van der Waals surface area contributed by atoms with Gasteiger partial charge in [0.15, 0.2) is 5.96 Å². The van der Waals surface area contributed by atoms with E-state index in [2.05, 4.69) is 31.6 Å². The summed E-state index contributed by atoms with van der Waals surface area (Å²) in [7, 11) is 3.43. The Balaban J connectivity index is 0.00000364. The Morgan fingerprint density at radius 1 is 1.30 bits per heavy atom. The van der Waals surface area contributed by atoms with Gasteiger partial charge in [-0.05, 0) is 50.8 Å². The lowest BCUT2D eigenvalue weighted by molar-refractivity contribution is -0.149. The number of benzene rings is 1. The van der Waals surface area contributed by atoms with Crippen LogP contribution in [-0.2, 0) is 16.1 Å². The number of nitrogens with zero attached hydrogens (tertiary/aromatic N) is 1. The molecule has 0 saturated heterocycles. The van der Waals surface area contributed by atoms with Gasteiger partial charge in [-0.2, -0.15) is 0 Å². The number of hydrogen-bond donors (Lipinski definition) is 2. The first kappa shape index (κ1) is 24.0. The van der Waals surface area contributed by atoms with E-state index in [-0.39, 0.29) is 35.9 Å². The Bertz CT molecular complexity index is 635. The number of aliphatic imine (C=N–C) groups is 1. The average Bonchev–Trinajstić information content (AvgIpc) is 2.66. The van der Waals surface area contributed by atoms with Gasteiger partial charge in [-0.3, -0.25) is 9.79 Å². The predicted octanol–water partition coefficient (Wildman–Crippen LogP) is 3.86. The summed E-state index contributed by atoms with van der Waals surface area (Å²) in [5.74, 6) is 1.57. The number of nitrogens with one attached hydrogen (secondary N) is 2. The largest absolute Gasteiger partial charge is 0.496 e. The molecule has 8 heteroatoms. The Labute approximate surface area is 187 Å². The molecule has 1 aliphatic rings. The molecule has 0 radical (unpaired) electrons. The zero-order chi connectivity index (χ0) is 18.9. The first-order chi connectivity index (χ1) is 12.6. The summed E-state index contributed by atoms with van der Waals surface area (Å²) in [6.45, 7) is 2.91. The van der Waals surface area contributed by atoms with Crippen LogP contribution in [0.4, 0.5) is 0 Å². The maximum absolute atomic E-state index is 11.8. The average molecular weight is 554 g/mol. The number of methoxy groups -OCH3 is 1. The molecule has 2 rings (SSSR count). The molecule has 2 N–H and O–H groups in total. The summed E-state index contributed by atoms with van der Waals surface area (Å²) >= 11 is 3.49. The monoisotopic (exact) mass is 553 g/mol. The predicted molar refractivity (Wildman–Crippen MR) is 122 cm³/mol. The highest BCUT2D eigenvalue weighted by molar-refractivity contribution is 14.0. The number of guanidine groups is 1. The molecule has 0 unspecified atom stereocenters. The van der Waals surface area contributed by atoms with Gasteiger partial charge in [0.2, 0.25) is 0 Å². The lowest BCUT2D eigenvalue weighted by Crippen LogP contribution is -2.45. The Morgan fingerprint density at radius 3 is 2.59 bits per heavy atom. The fourth-order valence-corrected chi connectivity index (χ4v) is 3.59. The van der Waals surface area contributed by atoms with Gasteiger partial charge < -0.3 is 20.1 Å². The molecule has 1 aliphatic carbocycles. The van der Waals surface area contributed by atoms with Gasteiger partial charge >= 0.3 is 5.97 Å². The van der Waals surface area contributed by atoms with Crippen molar-refractivity contribution >= 4 is 51.8 Å². The van der Waals surface area contributed by atoms with Crippen molar-refractivity contribution in [2.24, 2.45) is 10.9 Å². The number of esters is 1. The van der Waals surface area contributed by atoms with Crippen LogP contribution >= 0.6 is 39.9 Å². The van der Waals surface area contributed by atoms with E-state index in [0.29, 0.717) is 19.2 Å². The van der Waals surface area contributed by atoms with Crippen LogP contribution < -0.4 is 15.4 Å². The molecule has 0 bridgehead atoms. The van der Waals surface area contributed by atoms with Crippen molar-refractivity contribution in [1.82, 2.24) is 10.6 Å². The highest BCUT2D eigenvalue weighted by Gasteiger charge is 2.27. The van der Waals surface area contributed by atoms with Crippen LogP contribution in [0.5, 0.6) is 5.75 Å². The molecular weight excluding hydrogens is 525 g/mol. The number of carbonyl (C=O) groups is 1. The summed E-state index contributed by atoms with van der Waals surface area (Å²) in [6.07, 6.45) is 3.58. The zero-order valence-corrected chi connectivity index (χ0v) is 20.0. The molecule has 1 aromatic carbocycles. The Morgan fingerprint density at radius 2 is 2.00 bits per heavy atom. The second kappa shape index (κ2) is 12.4. The van der Waals surface area contributed by atoms with E-state index in [1.165, 1.54) is 0 Å². The molecule has 0 heterocycles. The molecule has 1 saturated carbocycles. The summed E-state index contributed by atoms with van der Waals surface area (Å²) in [4.78, 5) is 16.1. The minimum absolute atomic E-state index is 0. The molecule has 0 amide bonds. The van der Waals surface area contributed by atoms with Crippen molar-refractivity contribution in [3.63, 3.8) is 0 Å². The van der Waals surface area contributed by atoms with Crippen LogP contribution in [0.1, 0.15) is 38.2 Å². The molecule has 0 aliphatic heterocycles. The summed E-state index contributed by atoms with van der Waals surface area (Å²) in [5.41, 5.74) is 1.05. The topological polar surface area (TPSA) is 72.0 Å². The fourth-order valence-electron chi connectivity index (χ4n) is 3.19. The van der Waals surface area contributed by atoms with Gasteiger partial charge in [0, 0.05) is 29.7 Å². The summed E-state index contributed by atoms with van der Waals surface area (Å²) in [5, 5.41) is 6.79. The standard InChI is InChI=1S/C19H28BrN3O3.HI/c1-4-26-18(24)13-5-8-16(9-6-13)23-19(21-2)22-12-14-11-15(20)7-10-17(14)25-3;/h7,10-11,13,16H,4-6,8-9,12H2,1-3H3,(H2,21,22,23);1H. The molecule has 1 fully saturated rings. The lowest BCUT2D eigenvalue weighted by atomic mass is 9.86. The van der Waals surface area contributed by atoms with Crippen LogP contribution in [0.15, 0.2) is 27.7 Å². The van der Waals surface area contributed by atoms with Crippen molar-refractivity contribution < 1.29 is 14.3 Å². The molecule has 6 nitrogen and oxygen atoms in total. The third-order valence-electron chi connectivity index (χ3n) is 4.60. The molecule has 152 valence electrons. The van der Waals surface area contributed by atoms with Crippen molar-refractivity contribution in [2.75, 3.05) is 20.8 Å². The van der Waals surface area contributed by atoms with Crippen LogP contribution in [0.25, 0.3) is 0 Å². The second-order valence-electron chi connectivity index (χ2n) is 6.33. The van der Waals surface area contributed by atoms with E-state index in [1.807, 2.05) is 25.1 Å². The quantitative estimate of drug-likeness (QED) is 0.242. The third kappa shape index (κ3) is 7.48. The van der Waals surface area contributed by atoms with Crippen LogP contribution in [0.2, 0.25) is 0 Å². The first-order valence-electron chi connectivity index (χ1n) is 9.03. The number of rotatable bonds is 6. The van der Waals surface area contributed by atoms with Gasteiger partial charge in [0.05, 0.1) is 19.6 Å². The van der Waals surface area contributed by atoms with E-state index in [1.54, 1.807) is 14.2 Å². The smallest absolute Gasteiger partial charge is 0.308 e. The summed E-state index contributed by atoms with van der Waals surface area (Å²) in [6, 6.07) is 6.24. The Hall–Kier alpha value is -1.03. The molecule has 0 atom stereocenters. The van der Waals surface area contributed by atoms with Crippen molar-refractivity contribution in [2.45, 2.75) is 45.2 Å². The minimum atomic E-state index is -0.0600. The number of hydrogen-bond acceptors (Lipinski definition) is 4. The van der Waals surface area contributed by atoms with Crippen LogP contribution in [0, 0.1) is 5.92 Å². The molecule has 1 aromatic rings. The maximum atomic E-state index is 11.8. The molecule has 0 spiro atoms. The third-order valence-corrected chi connectivity index (χ3v) is 5.09. The van der Waals surface area contributed by atoms with Crippen molar-refractivity contribution in [3.8, 4) is 5.75 Å². The van der Waals surface area contributed by atoms with Crippen molar-refractivity contribution in [3.05, 3.63) is 28.2 Å². The van der Waals surface area contributed by atoms with Gasteiger partial charge in [-0.25, -0.2) is 0 Å². The highest BCUT2D eigenvalue weighted by atomic mass is 127. The molecule has 0 aromatic heterocycles. The first-order valence-corrected chi connectivity index (χ1v) is 9.82. The van der Waals surface area contributed by atoms with E-state index in [0.717, 1.165) is 47.4 Å². The van der Waals surface area contributed by atoms with Crippen LogP contribution in [-0.4, -0.2) is 38.7 Å². The van der Waals surface area contributed by atoms with Crippen LogP contribution in [0.3, 0.4) is 0 Å². The van der Waals surface area contributed by atoms with Gasteiger partial charge in [-0.1, -0.05) is 15.9 Å². The minimum Gasteiger partial charge on any atom is -0.496 e. The number of ether oxygens (including phenoxy) is 2. The highest BCUT2D eigenvalue weighted by Crippen LogP contribution is 2.25. The van der Waals surface area contributed by atoms with Gasteiger partial charge in [0.25, 0.3) is 0 Å². The zero-order valence-electron chi connectivity index (χ0n) is 16.1. The van der Waals surface area contributed by atoms with E-state index < -0.39 is 0 Å². The van der Waals surface area contributed by atoms with Crippen molar-refractivity contribution in [1.29, 1.82) is 0 Å². The lowest BCUT2D eigenvalue weighted by Gasteiger charge is -2.29. The number of carbonyl (C=O) groups excluding carboxylic acids is 1. The summed E-state index contributed by atoms with van der Waals surface area (Å²) < 4.78 is 11.5.